The molecular weight excluding hydrogens is 334 g/mol. The van der Waals surface area contributed by atoms with Gasteiger partial charge in [-0.05, 0) is 30.3 Å². The fourth-order valence-corrected chi connectivity index (χ4v) is 2.34. The number of ether oxygens (including phenoxy) is 1. The van der Waals surface area contributed by atoms with Gasteiger partial charge in [-0.1, -0.05) is 28.1 Å². The van der Waals surface area contributed by atoms with E-state index >= 15 is 0 Å². The molecule has 3 rings (SSSR count). The summed E-state index contributed by atoms with van der Waals surface area (Å²) in [6.07, 6.45) is 0.704. The van der Waals surface area contributed by atoms with Crippen molar-refractivity contribution in [2.75, 3.05) is 0 Å². The van der Waals surface area contributed by atoms with Crippen molar-refractivity contribution < 1.29 is 13.9 Å². The SMILES string of the molecule is N#Cc1oc2ccccc2c1Oc1cc(Br)ccc1C=O. The Bertz CT molecular complexity index is 877. The Morgan fingerprint density at radius 1 is 1.24 bits per heavy atom. The minimum Gasteiger partial charge on any atom is -0.451 e. The molecule has 0 spiro atoms. The van der Waals surface area contributed by atoms with Crippen molar-refractivity contribution in [3.05, 3.63) is 58.3 Å². The van der Waals surface area contributed by atoms with Crippen molar-refractivity contribution in [1.82, 2.24) is 0 Å². The number of nitrogens with zero attached hydrogens (tertiary/aromatic N) is 1. The molecule has 0 aliphatic carbocycles. The van der Waals surface area contributed by atoms with Crippen molar-refractivity contribution in [1.29, 1.82) is 5.26 Å². The molecule has 0 bridgehead atoms. The molecule has 0 atom stereocenters. The van der Waals surface area contributed by atoms with E-state index in [1.165, 1.54) is 0 Å². The highest BCUT2D eigenvalue weighted by molar-refractivity contribution is 9.10. The third-order valence-electron chi connectivity index (χ3n) is 2.97. The summed E-state index contributed by atoms with van der Waals surface area (Å²) in [5, 5.41) is 9.86. The van der Waals surface area contributed by atoms with Crippen LogP contribution >= 0.6 is 15.9 Å². The predicted octanol–water partition coefficient (Wildman–Crippen LogP) is 4.67. The summed E-state index contributed by atoms with van der Waals surface area (Å²) in [4.78, 5) is 11.1. The number of hydrogen-bond donors (Lipinski definition) is 0. The van der Waals surface area contributed by atoms with Crippen LogP contribution in [0.25, 0.3) is 11.0 Å². The van der Waals surface area contributed by atoms with E-state index < -0.39 is 0 Å². The average molecular weight is 342 g/mol. The topological polar surface area (TPSA) is 63.2 Å². The number of aldehydes is 1. The highest BCUT2D eigenvalue weighted by Crippen LogP contribution is 2.37. The number of fused-ring (bicyclic) bond motifs is 1. The Kier molecular flexibility index (Phi) is 3.46. The van der Waals surface area contributed by atoms with E-state index in [2.05, 4.69) is 15.9 Å². The molecule has 0 unspecified atom stereocenters. The summed E-state index contributed by atoms with van der Waals surface area (Å²) in [5.74, 6) is 0.754. The largest absolute Gasteiger partial charge is 0.451 e. The molecule has 0 amide bonds. The first-order chi connectivity index (χ1) is 10.2. The molecule has 0 aliphatic heterocycles. The van der Waals surface area contributed by atoms with Crippen LogP contribution in [0.2, 0.25) is 0 Å². The van der Waals surface area contributed by atoms with Gasteiger partial charge in [-0.25, -0.2) is 0 Å². The number of carbonyl (C=O) groups is 1. The quantitative estimate of drug-likeness (QED) is 0.649. The van der Waals surface area contributed by atoms with Crippen LogP contribution in [0.1, 0.15) is 16.1 Å². The molecule has 3 aromatic rings. The summed E-state index contributed by atoms with van der Waals surface area (Å²) in [6.45, 7) is 0. The molecular formula is C16H8BrNO3. The van der Waals surface area contributed by atoms with E-state index in [1.807, 2.05) is 18.2 Å². The number of benzene rings is 2. The molecule has 4 nitrogen and oxygen atoms in total. The van der Waals surface area contributed by atoms with Crippen molar-refractivity contribution in [3.8, 4) is 17.6 Å². The Morgan fingerprint density at radius 3 is 2.81 bits per heavy atom. The van der Waals surface area contributed by atoms with Crippen molar-refractivity contribution in [2.24, 2.45) is 0 Å². The van der Waals surface area contributed by atoms with Gasteiger partial charge in [0.05, 0.1) is 10.9 Å². The second-order valence-corrected chi connectivity index (χ2v) is 5.19. The predicted molar refractivity (Wildman–Crippen MR) is 80.5 cm³/mol. The fourth-order valence-electron chi connectivity index (χ4n) is 2.00. The molecule has 102 valence electrons. The maximum absolute atomic E-state index is 11.1. The lowest BCUT2D eigenvalue weighted by atomic mass is 10.2. The zero-order valence-electron chi connectivity index (χ0n) is 10.7. The summed E-state index contributed by atoms with van der Waals surface area (Å²) in [6, 6.07) is 14.2. The van der Waals surface area contributed by atoms with E-state index in [0.717, 1.165) is 4.47 Å². The number of hydrogen-bond acceptors (Lipinski definition) is 4. The zero-order valence-corrected chi connectivity index (χ0v) is 12.3. The number of carbonyl (C=O) groups excluding carboxylic acids is 1. The second kappa shape index (κ2) is 5.43. The molecule has 1 aromatic heterocycles. The molecule has 0 fully saturated rings. The number of nitriles is 1. The van der Waals surface area contributed by atoms with Gasteiger partial charge in [-0.3, -0.25) is 4.79 Å². The third kappa shape index (κ3) is 2.41. The van der Waals surface area contributed by atoms with E-state index in [1.54, 1.807) is 30.3 Å². The van der Waals surface area contributed by atoms with Crippen LogP contribution in [0.15, 0.2) is 51.4 Å². The number of para-hydroxylation sites is 1. The second-order valence-electron chi connectivity index (χ2n) is 4.27. The molecule has 21 heavy (non-hydrogen) atoms. The number of furan rings is 1. The fraction of sp³-hybridized carbons (Fsp3) is 0. The Balaban J connectivity index is 2.16. The van der Waals surface area contributed by atoms with Gasteiger partial charge in [0.25, 0.3) is 0 Å². The lowest BCUT2D eigenvalue weighted by Crippen LogP contribution is -1.91. The molecule has 0 aliphatic rings. The number of rotatable bonds is 3. The highest BCUT2D eigenvalue weighted by Gasteiger charge is 2.17. The molecule has 0 radical (unpaired) electrons. The molecule has 1 heterocycles. The van der Waals surface area contributed by atoms with Gasteiger partial charge in [-0.2, -0.15) is 5.26 Å². The van der Waals surface area contributed by atoms with Gasteiger partial charge < -0.3 is 9.15 Å². The summed E-state index contributed by atoms with van der Waals surface area (Å²) in [7, 11) is 0. The van der Waals surface area contributed by atoms with Gasteiger partial charge in [0.15, 0.2) is 12.0 Å². The smallest absolute Gasteiger partial charge is 0.247 e. The molecule has 0 saturated carbocycles. The first kappa shape index (κ1) is 13.4. The first-order valence-corrected chi connectivity index (χ1v) is 6.86. The molecule has 2 aromatic carbocycles. The van der Waals surface area contributed by atoms with Crippen LogP contribution in [0.4, 0.5) is 0 Å². The van der Waals surface area contributed by atoms with Gasteiger partial charge in [0, 0.05) is 4.47 Å². The first-order valence-electron chi connectivity index (χ1n) is 6.07. The van der Waals surface area contributed by atoms with E-state index in [9.17, 15) is 10.1 Å². The molecule has 0 N–H and O–H groups in total. The summed E-state index contributed by atoms with van der Waals surface area (Å²) >= 11 is 3.33. The lowest BCUT2D eigenvalue weighted by Gasteiger charge is -2.07. The zero-order chi connectivity index (χ0) is 14.8. The van der Waals surface area contributed by atoms with Crippen molar-refractivity contribution >= 4 is 33.2 Å². The Hall–Kier alpha value is -2.58. The minimum atomic E-state index is 0.0769. The van der Waals surface area contributed by atoms with Crippen molar-refractivity contribution in [2.45, 2.75) is 0 Å². The summed E-state index contributed by atoms with van der Waals surface area (Å²) in [5.41, 5.74) is 0.957. The van der Waals surface area contributed by atoms with E-state index in [4.69, 9.17) is 9.15 Å². The van der Waals surface area contributed by atoms with Crippen LogP contribution in [0.3, 0.4) is 0 Å². The van der Waals surface area contributed by atoms with Crippen LogP contribution in [0, 0.1) is 11.3 Å². The lowest BCUT2D eigenvalue weighted by molar-refractivity contribution is 0.112. The van der Waals surface area contributed by atoms with Gasteiger partial charge in [-0.15, -0.1) is 0 Å². The summed E-state index contributed by atoms with van der Waals surface area (Å²) < 4.78 is 12.0. The van der Waals surface area contributed by atoms with Gasteiger partial charge in [0.2, 0.25) is 5.76 Å². The van der Waals surface area contributed by atoms with Gasteiger partial charge in [0.1, 0.15) is 17.4 Å². The van der Waals surface area contributed by atoms with E-state index in [0.29, 0.717) is 34.3 Å². The van der Waals surface area contributed by atoms with Gasteiger partial charge >= 0.3 is 0 Å². The maximum Gasteiger partial charge on any atom is 0.247 e. The molecule has 0 saturated heterocycles. The third-order valence-corrected chi connectivity index (χ3v) is 3.46. The number of halogens is 1. The van der Waals surface area contributed by atoms with Crippen LogP contribution in [-0.4, -0.2) is 6.29 Å². The molecule has 5 heteroatoms. The Morgan fingerprint density at radius 2 is 2.05 bits per heavy atom. The van der Waals surface area contributed by atoms with Crippen LogP contribution < -0.4 is 4.74 Å². The minimum absolute atomic E-state index is 0.0769. The standard InChI is InChI=1S/C16H8BrNO3/c17-11-6-5-10(9-19)14(7-11)21-16-12-3-1-2-4-13(12)20-15(16)8-18/h1-7,9H. The van der Waals surface area contributed by atoms with Crippen molar-refractivity contribution in [3.63, 3.8) is 0 Å². The average Bonchev–Trinajstić information content (AvgIpc) is 2.86. The Labute approximate surface area is 128 Å². The normalized spacial score (nSPS) is 10.3. The van der Waals surface area contributed by atoms with Crippen LogP contribution in [0.5, 0.6) is 11.5 Å². The highest BCUT2D eigenvalue weighted by atomic mass is 79.9. The van der Waals surface area contributed by atoms with Crippen LogP contribution in [-0.2, 0) is 0 Å². The maximum atomic E-state index is 11.1. The monoisotopic (exact) mass is 341 g/mol. The van der Waals surface area contributed by atoms with E-state index in [-0.39, 0.29) is 5.76 Å².